The third-order valence-corrected chi connectivity index (χ3v) is 4.56. The number of nitrogens with zero attached hydrogens (tertiary/aromatic N) is 1. The molecule has 0 aliphatic heterocycles. The topological polar surface area (TPSA) is 82.5 Å². The zero-order chi connectivity index (χ0) is 14.6. The fourth-order valence-corrected chi connectivity index (χ4v) is 3.11. The Morgan fingerprint density at radius 1 is 1.50 bits per heavy atom. The predicted octanol–water partition coefficient (Wildman–Crippen LogP) is 1.27. The molecule has 0 fully saturated rings. The summed E-state index contributed by atoms with van der Waals surface area (Å²) in [5, 5.41) is 25.8. The van der Waals surface area contributed by atoms with Crippen molar-refractivity contribution in [3.05, 3.63) is 28.6 Å². The van der Waals surface area contributed by atoms with E-state index in [0.29, 0.717) is 5.69 Å². The minimum atomic E-state index is -1.29. The molecule has 3 N–H and O–H groups in total. The molecule has 0 spiro atoms. The maximum atomic E-state index is 11.7. The van der Waals surface area contributed by atoms with E-state index in [1.54, 1.807) is 11.3 Å². The van der Waals surface area contributed by atoms with Gasteiger partial charge in [0.1, 0.15) is 10.6 Å². The SMILES string of the molecule is CC(O)(CO)CNC(=O)Cc1csc(-c2cccs2)n1. The lowest BCUT2D eigenvalue weighted by Gasteiger charge is -2.20. The van der Waals surface area contributed by atoms with Crippen molar-refractivity contribution in [3.63, 3.8) is 0 Å². The zero-order valence-corrected chi connectivity index (χ0v) is 12.6. The van der Waals surface area contributed by atoms with Gasteiger partial charge in [-0.1, -0.05) is 6.07 Å². The molecule has 0 bridgehead atoms. The second-order valence-corrected chi connectivity index (χ2v) is 6.54. The van der Waals surface area contributed by atoms with Crippen LogP contribution in [0.5, 0.6) is 0 Å². The Hall–Kier alpha value is -1.28. The van der Waals surface area contributed by atoms with Gasteiger partial charge in [-0.05, 0) is 18.4 Å². The van der Waals surface area contributed by atoms with Crippen LogP contribution in [0, 0.1) is 0 Å². The largest absolute Gasteiger partial charge is 0.393 e. The van der Waals surface area contributed by atoms with Crippen LogP contribution in [-0.2, 0) is 11.2 Å². The van der Waals surface area contributed by atoms with Crippen LogP contribution < -0.4 is 5.32 Å². The summed E-state index contributed by atoms with van der Waals surface area (Å²) in [7, 11) is 0. The highest BCUT2D eigenvalue weighted by Gasteiger charge is 2.20. The van der Waals surface area contributed by atoms with E-state index in [-0.39, 0.29) is 18.9 Å². The Morgan fingerprint density at radius 2 is 2.30 bits per heavy atom. The Morgan fingerprint density at radius 3 is 2.95 bits per heavy atom. The molecule has 7 heteroatoms. The number of thiazole rings is 1. The lowest BCUT2D eigenvalue weighted by atomic mass is 10.1. The second-order valence-electron chi connectivity index (χ2n) is 4.73. The number of aliphatic hydroxyl groups excluding tert-OH is 1. The van der Waals surface area contributed by atoms with Crippen molar-refractivity contribution in [2.24, 2.45) is 0 Å². The lowest BCUT2D eigenvalue weighted by molar-refractivity contribution is -0.122. The van der Waals surface area contributed by atoms with Gasteiger partial charge < -0.3 is 15.5 Å². The van der Waals surface area contributed by atoms with E-state index in [2.05, 4.69) is 10.3 Å². The molecule has 2 heterocycles. The highest BCUT2D eigenvalue weighted by Crippen LogP contribution is 2.27. The molecule has 0 aliphatic rings. The average molecular weight is 312 g/mol. The summed E-state index contributed by atoms with van der Waals surface area (Å²) in [5.41, 5.74) is -0.584. The van der Waals surface area contributed by atoms with Crippen LogP contribution in [0.1, 0.15) is 12.6 Å². The normalized spacial score (nSPS) is 13.9. The van der Waals surface area contributed by atoms with Gasteiger partial charge in [0, 0.05) is 11.9 Å². The molecular weight excluding hydrogens is 296 g/mol. The van der Waals surface area contributed by atoms with Crippen molar-refractivity contribution in [1.82, 2.24) is 10.3 Å². The molecule has 1 amide bonds. The molecule has 0 saturated carbocycles. The molecule has 0 aromatic carbocycles. The molecule has 0 radical (unpaired) electrons. The fraction of sp³-hybridized carbons (Fsp3) is 0.385. The first-order valence-electron chi connectivity index (χ1n) is 6.08. The molecule has 20 heavy (non-hydrogen) atoms. The molecule has 2 aromatic rings. The average Bonchev–Trinajstić information content (AvgIpc) is 3.07. The van der Waals surface area contributed by atoms with Gasteiger partial charge in [-0.25, -0.2) is 4.98 Å². The Balaban J connectivity index is 1.89. The number of carbonyl (C=O) groups is 1. The number of thiophene rings is 1. The Kier molecular flexibility index (Phi) is 4.87. The van der Waals surface area contributed by atoms with Gasteiger partial charge in [-0.3, -0.25) is 4.79 Å². The molecule has 108 valence electrons. The van der Waals surface area contributed by atoms with Gasteiger partial charge >= 0.3 is 0 Å². The molecule has 2 aromatic heterocycles. The Labute approximate surface area is 124 Å². The second kappa shape index (κ2) is 6.45. The molecule has 0 saturated heterocycles. The molecule has 1 unspecified atom stereocenters. The van der Waals surface area contributed by atoms with Crippen LogP contribution in [0.4, 0.5) is 0 Å². The van der Waals surface area contributed by atoms with Crippen LogP contribution in [0.25, 0.3) is 9.88 Å². The molecule has 1 atom stereocenters. The number of amides is 1. The van der Waals surface area contributed by atoms with Crippen molar-refractivity contribution >= 4 is 28.6 Å². The minimum absolute atomic E-state index is 0.0181. The first-order valence-corrected chi connectivity index (χ1v) is 7.84. The number of hydrogen-bond acceptors (Lipinski definition) is 6. The number of hydrogen-bond donors (Lipinski definition) is 3. The summed E-state index contributed by atoms with van der Waals surface area (Å²) < 4.78 is 0. The summed E-state index contributed by atoms with van der Waals surface area (Å²) >= 11 is 3.12. The van der Waals surface area contributed by atoms with E-state index in [4.69, 9.17) is 5.11 Å². The number of carbonyl (C=O) groups excluding carboxylic acids is 1. The fourth-order valence-electron chi connectivity index (χ4n) is 1.47. The minimum Gasteiger partial charge on any atom is -0.393 e. The van der Waals surface area contributed by atoms with Gasteiger partial charge in [-0.2, -0.15) is 0 Å². The smallest absolute Gasteiger partial charge is 0.226 e. The van der Waals surface area contributed by atoms with Crippen molar-refractivity contribution in [3.8, 4) is 9.88 Å². The van der Waals surface area contributed by atoms with E-state index in [1.807, 2.05) is 22.9 Å². The summed E-state index contributed by atoms with van der Waals surface area (Å²) in [4.78, 5) is 17.2. The van der Waals surface area contributed by atoms with E-state index in [1.165, 1.54) is 18.3 Å². The predicted molar refractivity (Wildman–Crippen MR) is 79.9 cm³/mol. The van der Waals surface area contributed by atoms with E-state index >= 15 is 0 Å². The number of aromatic nitrogens is 1. The lowest BCUT2D eigenvalue weighted by Crippen LogP contribution is -2.43. The standard InChI is InChI=1S/C13H16N2O3S2/c1-13(18,8-16)7-14-11(17)5-9-6-20-12(15-9)10-3-2-4-19-10/h2-4,6,16,18H,5,7-8H2,1H3,(H,14,17). The highest BCUT2D eigenvalue weighted by molar-refractivity contribution is 7.20. The van der Waals surface area contributed by atoms with Crippen molar-refractivity contribution in [2.45, 2.75) is 18.9 Å². The van der Waals surface area contributed by atoms with Crippen molar-refractivity contribution in [1.29, 1.82) is 0 Å². The van der Waals surface area contributed by atoms with E-state index < -0.39 is 12.2 Å². The maximum absolute atomic E-state index is 11.7. The molecule has 5 nitrogen and oxygen atoms in total. The quantitative estimate of drug-likeness (QED) is 0.750. The van der Waals surface area contributed by atoms with Gasteiger partial charge in [0.05, 0.1) is 23.6 Å². The van der Waals surface area contributed by atoms with Crippen molar-refractivity contribution < 1.29 is 15.0 Å². The summed E-state index contributed by atoms with van der Waals surface area (Å²) in [6.07, 6.45) is 0.170. The zero-order valence-electron chi connectivity index (χ0n) is 11.0. The first kappa shape index (κ1) is 15.1. The third-order valence-electron chi connectivity index (χ3n) is 2.63. The van der Waals surface area contributed by atoms with Crippen LogP contribution in [0.15, 0.2) is 22.9 Å². The monoisotopic (exact) mass is 312 g/mol. The highest BCUT2D eigenvalue weighted by atomic mass is 32.1. The summed E-state index contributed by atoms with van der Waals surface area (Å²) in [6, 6.07) is 3.95. The van der Waals surface area contributed by atoms with Gasteiger partial charge in [0.15, 0.2) is 0 Å². The molecule has 0 aliphatic carbocycles. The maximum Gasteiger partial charge on any atom is 0.226 e. The van der Waals surface area contributed by atoms with Crippen LogP contribution >= 0.6 is 22.7 Å². The number of nitrogens with one attached hydrogen (secondary N) is 1. The summed E-state index contributed by atoms with van der Waals surface area (Å²) in [6.45, 7) is 1.09. The first-order chi connectivity index (χ1) is 9.50. The number of aliphatic hydroxyl groups is 2. The summed E-state index contributed by atoms with van der Waals surface area (Å²) in [5.74, 6) is -0.221. The molecular formula is C13H16N2O3S2. The van der Waals surface area contributed by atoms with Crippen LogP contribution in [-0.4, -0.2) is 39.9 Å². The third kappa shape index (κ3) is 4.11. The van der Waals surface area contributed by atoms with E-state index in [0.717, 1.165) is 9.88 Å². The van der Waals surface area contributed by atoms with Crippen molar-refractivity contribution in [2.75, 3.05) is 13.2 Å². The van der Waals surface area contributed by atoms with Gasteiger partial charge in [-0.15, -0.1) is 22.7 Å². The van der Waals surface area contributed by atoms with Crippen LogP contribution in [0.3, 0.4) is 0 Å². The Bertz CT molecular complexity index is 564. The van der Waals surface area contributed by atoms with E-state index in [9.17, 15) is 9.90 Å². The van der Waals surface area contributed by atoms with Gasteiger partial charge in [0.2, 0.25) is 5.91 Å². The van der Waals surface area contributed by atoms with Gasteiger partial charge in [0.25, 0.3) is 0 Å². The molecule has 2 rings (SSSR count). The number of rotatable bonds is 6. The van der Waals surface area contributed by atoms with Crippen LogP contribution in [0.2, 0.25) is 0 Å².